The van der Waals surface area contributed by atoms with E-state index in [1.807, 2.05) is 50.2 Å². The van der Waals surface area contributed by atoms with E-state index in [9.17, 15) is 14.7 Å². The summed E-state index contributed by atoms with van der Waals surface area (Å²) in [5, 5.41) is 11.1. The monoisotopic (exact) mass is 408 g/mol. The van der Waals surface area contributed by atoms with Gasteiger partial charge in [0, 0.05) is 6.54 Å². The number of aryl methyl sites for hydroxylation is 1. The summed E-state index contributed by atoms with van der Waals surface area (Å²) < 4.78 is 5.36. The fraction of sp³-hybridized carbons (Fsp3) is 0.333. The van der Waals surface area contributed by atoms with E-state index in [-0.39, 0.29) is 11.3 Å². The van der Waals surface area contributed by atoms with E-state index in [1.54, 1.807) is 29.2 Å². The lowest BCUT2D eigenvalue weighted by atomic mass is 9.94. The predicted octanol–water partition coefficient (Wildman–Crippen LogP) is 3.38. The Morgan fingerprint density at radius 1 is 1.13 bits per heavy atom. The lowest BCUT2D eigenvalue weighted by Gasteiger charge is -2.26. The fourth-order valence-electron chi connectivity index (χ4n) is 3.84. The second kappa shape index (κ2) is 9.13. The van der Waals surface area contributed by atoms with Gasteiger partial charge in [-0.2, -0.15) is 0 Å². The number of nitrogens with zero attached hydrogens (tertiary/aromatic N) is 2. The van der Waals surface area contributed by atoms with E-state index in [4.69, 9.17) is 4.74 Å². The van der Waals surface area contributed by atoms with Crippen molar-refractivity contribution in [3.63, 3.8) is 0 Å². The number of carbonyl (C=O) groups excluding carboxylic acids is 2. The second-order valence-corrected chi connectivity index (χ2v) is 7.76. The van der Waals surface area contributed by atoms with Crippen LogP contribution in [0.15, 0.2) is 54.1 Å². The Morgan fingerprint density at radius 3 is 2.53 bits per heavy atom. The molecular weight excluding hydrogens is 380 g/mol. The van der Waals surface area contributed by atoms with Crippen molar-refractivity contribution in [3.05, 3.63) is 70.8 Å². The molecule has 6 heteroatoms. The molecule has 0 radical (unpaired) electrons. The number of carbonyl (C=O) groups is 2. The molecule has 1 aliphatic rings. The van der Waals surface area contributed by atoms with Gasteiger partial charge in [-0.15, -0.1) is 0 Å². The van der Waals surface area contributed by atoms with E-state index in [1.165, 1.54) is 7.11 Å². The zero-order valence-corrected chi connectivity index (χ0v) is 17.9. The highest BCUT2D eigenvalue weighted by Gasteiger charge is 2.46. The Labute approximate surface area is 177 Å². The van der Waals surface area contributed by atoms with Gasteiger partial charge in [0.05, 0.1) is 24.3 Å². The normalized spacial score (nSPS) is 18.3. The van der Waals surface area contributed by atoms with Crippen molar-refractivity contribution in [2.45, 2.75) is 19.4 Å². The summed E-state index contributed by atoms with van der Waals surface area (Å²) in [6.07, 6.45) is 0.719. The Hall–Kier alpha value is -3.12. The molecule has 6 nitrogen and oxygen atoms in total. The lowest BCUT2D eigenvalue weighted by molar-refractivity contribution is -0.139. The van der Waals surface area contributed by atoms with Gasteiger partial charge < -0.3 is 19.6 Å². The lowest BCUT2D eigenvalue weighted by Crippen LogP contribution is -2.32. The van der Waals surface area contributed by atoms with Crippen LogP contribution in [-0.4, -0.2) is 60.9 Å². The molecule has 0 aliphatic carbocycles. The summed E-state index contributed by atoms with van der Waals surface area (Å²) in [7, 11) is 5.44. The van der Waals surface area contributed by atoms with Crippen molar-refractivity contribution < 1.29 is 19.4 Å². The van der Waals surface area contributed by atoms with Crippen LogP contribution >= 0.6 is 0 Å². The van der Waals surface area contributed by atoms with Crippen LogP contribution < -0.4 is 4.74 Å². The van der Waals surface area contributed by atoms with E-state index < -0.39 is 17.7 Å². The third-order valence-corrected chi connectivity index (χ3v) is 5.26. The van der Waals surface area contributed by atoms with E-state index in [0.717, 1.165) is 24.1 Å². The number of methoxy groups -OCH3 is 1. The van der Waals surface area contributed by atoms with Crippen molar-refractivity contribution in [3.8, 4) is 5.75 Å². The Bertz CT molecular complexity index is 981. The summed E-state index contributed by atoms with van der Waals surface area (Å²) in [6.45, 7) is 3.17. The van der Waals surface area contributed by atoms with Crippen molar-refractivity contribution in [1.82, 2.24) is 9.80 Å². The topological polar surface area (TPSA) is 70.1 Å². The molecule has 1 aliphatic heterocycles. The quantitative estimate of drug-likeness (QED) is 0.432. The van der Waals surface area contributed by atoms with Crippen LogP contribution in [0.4, 0.5) is 0 Å². The first-order valence-corrected chi connectivity index (χ1v) is 9.98. The molecule has 2 aromatic carbocycles. The minimum atomic E-state index is -0.672. The minimum Gasteiger partial charge on any atom is -0.507 e. The number of benzene rings is 2. The van der Waals surface area contributed by atoms with Crippen molar-refractivity contribution in [2.75, 3.05) is 34.3 Å². The molecule has 0 spiro atoms. The Morgan fingerprint density at radius 2 is 1.87 bits per heavy atom. The van der Waals surface area contributed by atoms with Crippen LogP contribution in [0.2, 0.25) is 0 Å². The second-order valence-electron chi connectivity index (χ2n) is 7.76. The van der Waals surface area contributed by atoms with Gasteiger partial charge in [-0.3, -0.25) is 9.59 Å². The third kappa shape index (κ3) is 4.24. The first-order chi connectivity index (χ1) is 14.3. The van der Waals surface area contributed by atoms with Crippen LogP contribution in [-0.2, 0) is 9.59 Å². The third-order valence-electron chi connectivity index (χ3n) is 5.26. The molecule has 1 amide bonds. The number of likely N-dealkylation sites (tertiary alicyclic amines) is 1. The van der Waals surface area contributed by atoms with E-state index >= 15 is 0 Å². The van der Waals surface area contributed by atoms with Gasteiger partial charge in [0.2, 0.25) is 0 Å². The Balaban J connectivity index is 2.14. The molecule has 1 heterocycles. The van der Waals surface area contributed by atoms with Gasteiger partial charge in [-0.1, -0.05) is 42.0 Å². The molecule has 2 aromatic rings. The largest absolute Gasteiger partial charge is 0.507 e. The summed E-state index contributed by atoms with van der Waals surface area (Å²) in [5.41, 5.74) is 2.31. The number of rotatable bonds is 7. The fourth-order valence-corrected chi connectivity index (χ4v) is 3.84. The highest BCUT2D eigenvalue weighted by molar-refractivity contribution is 6.46. The highest BCUT2D eigenvalue weighted by atomic mass is 16.5. The molecule has 30 heavy (non-hydrogen) atoms. The summed E-state index contributed by atoms with van der Waals surface area (Å²) >= 11 is 0. The molecule has 3 rings (SSSR count). The predicted molar refractivity (Wildman–Crippen MR) is 116 cm³/mol. The van der Waals surface area contributed by atoms with Crippen molar-refractivity contribution in [1.29, 1.82) is 0 Å². The number of amides is 1. The summed E-state index contributed by atoms with van der Waals surface area (Å²) in [6, 6.07) is 14.0. The molecular formula is C24H28N2O4. The SMILES string of the molecule is COc1ccccc1/C(O)=C1/C(=O)C(=O)N(CCCN(C)C)C1c1cccc(C)c1. The number of hydrogen-bond donors (Lipinski definition) is 1. The number of ether oxygens (including phenoxy) is 1. The molecule has 0 saturated carbocycles. The molecule has 1 fully saturated rings. The van der Waals surface area contributed by atoms with Gasteiger partial charge in [0.25, 0.3) is 11.7 Å². The summed E-state index contributed by atoms with van der Waals surface area (Å²) in [4.78, 5) is 29.6. The van der Waals surface area contributed by atoms with Gasteiger partial charge in [0.15, 0.2) is 0 Å². The molecule has 158 valence electrons. The van der Waals surface area contributed by atoms with Crippen LogP contribution in [0.3, 0.4) is 0 Å². The summed E-state index contributed by atoms with van der Waals surface area (Å²) in [5.74, 6) is -1.03. The van der Waals surface area contributed by atoms with Crippen LogP contribution in [0, 0.1) is 6.92 Å². The van der Waals surface area contributed by atoms with Crippen molar-refractivity contribution in [2.24, 2.45) is 0 Å². The van der Waals surface area contributed by atoms with Crippen LogP contribution in [0.5, 0.6) is 5.75 Å². The molecule has 1 unspecified atom stereocenters. The minimum absolute atomic E-state index is 0.0972. The average molecular weight is 408 g/mol. The molecule has 1 atom stereocenters. The van der Waals surface area contributed by atoms with Gasteiger partial charge >= 0.3 is 0 Å². The smallest absolute Gasteiger partial charge is 0.295 e. The van der Waals surface area contributed by atoms with Crippen LogP contribution in [0.1, 0.15) is 29.2 Å². The maximum absolute atomic E-state index is 13.0. The van der Waals surface area contributed by atoms with Gasteiger partial charge in [0.1, 0.15) is 11.5 Å². The van der Waals surface area contributed by atoms with Crippen LogP contribution in [0.25, 0.3) is 5.76 Å². The number of hydrogen-bond acceptors (Lipinski definition) is 5. The van der Waals surface area contributed by atoms with Gasteiger partial charge in [-0.05, 0) is 51.7 Å². The Kier molecular flexibility index (Phi) is 6.57. The zero-order valence-electron chi connectivity index (χ0n) is 17.9. The van der Waals surface area contributed by atoms with E-state index in [0.29, 0.717) is 17.9 Å². The van der Waals surface area contributed by atoms with E-state index in [2.05, 4.69) is 0 Å². The maximum atomic E-state index is 13.0. The maximum Gasteiger partial charge on any atom is 0.295 e. The van der Waals surface area contributed by atoms with Gasteiger partial charge in [-0.25, -0.2) is 0 Å². The zero-order chi connectivity index (χ0) is 21.8. The number of Topliss-reactive ketones (excluding diaryl/α,β-unsaturated/α-hetero) is 1. The molecule has 1 N–H and O–H groups in total. The number of para-hydroxylation sites is 1. The van der Waals surface area contributed by atoms with Crippen molar-refractivity contribution >= 4 is 17.4 Å². The first-order valence-electron chi connectivity index (χ1n) is 9.98. The standard InChI is InChI=1S/C24H28N2O4/c1-16-9-7-10-17(15-16)21-20(22(27)18-11-5-6-12-19(18)30-4)23(28)24(29)26(21)14-8-13-25(2)3/h5-7,9-12,15,21,27H,8,13-14H2,1-4H3/b22-20-. The molecule has 0 aromatic heterocycles. The number of aliphatic hydroxyl groups is 1. The molecule has 0 bridgehead atoms. The number of ketones is 1. The molecule has 1 saturated heterocycles. The average Bonchev–Trinajstić information content (AvgIpc) is 2.98. The number of aliphatic hydroxyl groups excluding tert-OH is 1. The highest BCUT2D eigenvalue weighted by Crippen LogP contribution is 2.41. The first kappa shape index (κ1) is 21.6.